The van der Waals surface area contributed by atoms with Crippen molar-refractivity contribution >= 4 is 41.0 Å². The number of non-ortho nitro benzene ring substituents is 1. The van der Waals surface area contributed by atoms with Gasteiger partial charge in [0, 0.05) is 36.3 Å². The average Bonchev–Trinajstić information content (AvgIpc) is 3.05. The van der Waals surface area contributed by atoms with Gasteiger partial charge in [0.1, 0.15) is 18.1 Å². The summed E-state index contributed by atoms with van der Waals surface area (Å²) in [7, 11) is 0. The lowest BCUT2D eigenvalue weighted by Crippen LogP contribution is -2.58. The van der Waals surface area contributed by atoms with Gasteiger partial charge in [-0.05, 0) is 48.6 Å². The molecule has 3 rings (SSSR count). The number of benzene rings is 3. The van der Waals surface area contributed by atoms with Crippen LogP contribution in [0, 0.1) is 16.0 Å². The van der Waals surface area contributed by atoms with Gasteiger partial charge < -0.3 is 32.7 Å². The van der Waals surface area contributed by atoms with Crippen molar-refractivity contribution in [1.29, 1.82) is 0 Å². The van der Waals surface area contributed by atoms with E-state index in [0.29, 0.717) is 12.0 Å². The molecule has 0 aliphatic heterocycles. The highest BCUT2D eigenvalue weighted by molar-refractivity contribution is 6.00. The van der Waals surface area contributed by atoms with Gasteiger partial charge in [-0.3, -0.25) is 34.3 Å². The molecule has 0 heterocycles. The third-order valence-corrected chi connectivity index (χ3v) is 7.11. The van der Waals surface area contributed by atoms with Crippen LogP contribution in [0.3, 0.4) is 0 Å². The van der Waals surface area contributed by atoms with Crippen molar-refractivity contribution in [2.45, 2.75) is 51.2 Å². The summed E-state index contributed by atoms with van der Waals surface area (Å²) < 4.78 is 0. The zero-order valence-electron chi connectivity index (χ0n) is 26.2. The Labute approximate surface area is 272 Å². The molecule has 3 atom stereocenters. The Balaban J connectivity index is 1.78. The van der Waals surface area contributed by atoms with Crippen molar-refractivity contribution in [3.63, 3.8) is 0 Å². The molecule has 47 heavy (non-hydrogen) atoms. The van der Waals surface area contributed by atoms with Crippen LogP contribution in [0.15, 0.2) is 89.9 Å². The van der Waals surface area contributed by atoms with E-state index in [4.69, 9.17) is 11.5 Å². The van der Waals surface area contributed by atoms with Crippen LogP contribution >= 0.6 is 0 Å². The highest BCUT2D eigenvalue weighted by Crippen LogP contribution is 2.16. The second kappa shape index (κ2) is 17.6. The fourth-order valence-corrected chi connectivity index (χ4v) is 4.61. The molecule has 0 unspecified atom stereocenters. The molecule has 0 spiro atoms. The molecule has 14 heteroatoms. The van der Waals surface area contributed by atoms with Crippen molar-refractivity contribution in [1.82, 2.24) is 16.0 Å². The molecule has 248 valence electrons. The normalized spacial score (nSPS) is 12.6. The second-order valence-corrected chi connectivity index (χ2v) is 11.1. The number of hydrogen-bond acceptors (Lipinski definition) is 7. The number of nitro benzene ring substituents is 1. The number of rotatable bonds is 16. The van der Waals surface area contributed by atoms with Gasteiger partial charge in [0.2, 0.25) is 17.7 Å². The number of nitrogens with one attached hydrogen (secondary N) is 4. The Morgan fingerprint density at radius 1 is 0.787 bits per heavy atom. The van der Waals surface area contributed by atoms with Crippen molar-refractivity contribution in [2.24, 2.45) is 22.4 Å². The van der Waals surface area contributed by atoms with Crippen molar-refractivity contribution in [3.8, 4) is 0 Å². The van der Waals surface area contributed by atoms with Gasteiger partial charge in [0.15, 0.2) is 5.96 Å². The van der Waals surface area contributed by atoms with Crippen molar-refractivity contribution < 1.29 is 24.1 Å². The third-order valence-electron chi connectivity index (χ3n) is 7.11. The first-order chi connectivity index (χ1) is 22.4. The number of nitrogens with zero attached hydrogens (tertiary/aromatic N) is 2. The number of nitrogens with two attached hydrogens (primary N) is 2. The van der Waals surface area contributed by atoms with Gasteiger partial charge in [-0.1, -0.05) is 62.4 Å². The fraction of sp³-hybridized carbons (Fsp3) is 0.303. The number of nitro groups is 1. The van der Waals surface area contributed by atoms with Gasteiger partial charge in [0.25, 0.3) is 11.6 Å². The van der Waals surface area contributed by atoms with E-state index in [-0.39, 0.29) is 36.7 Å². The van der Waals surface area contributed by atoms with Gasteiger partial charge >= 0.3 is 0 Å². The molecule has 0 saturated carbocycles. The summed E-state index contributed by atoms with van der Waals surface area (Å²) in [6.07, 6.45) is 0.645. The van der Waals surface area contributed by atoms with Crippen LogP contribution in [0.4, 0.5) is 11.4 Å². The Morgan fingerprint density at radius 2 is 1.40 bits per heavy atom. The topological polar surface area (TPSA) is 224 Å². The second-order valence-electron chi connectivity index (χ2n) is 11.1. The summed E-state index contributed by atoms with van der Waals surface area (Å²) in [6, 6.07) is 19.7. The molecular formula is C33H40N8O6. The van der Waals surface area contributed by atoms with Crippen LogP contribution < -0.4 is 32.7 Å². The standard InChI is InChI=1S/C33H40N8O6/c1-21(2)28(40-31(44)27(20-22-10-5-3-6-11-22)39-29(42)23-12-7-4-8-13-23)32(45)38-26(14-9-19-36-33(34)35)30(43)37-24-15-17-25(18-16-24)41(46)47/h3-8,10-13,15-18,21,26-28H,9,14,19-20H2,1-2H3,(H,37,43)(H,38,45)(H,39,42)(H,40,44)(H4,34,35,36)/t26-,27+,28-/m0/s1. The lowest BCUT2D eigenvalue weighted by atomic mass is 10.00. The summed E-state index contributed by atoms with van der Waals surface area (Å²) in [4.78, 5) is 68.0. The molecule has 0 bridgehead atoms. The van der Waals surface area contributed by atoms with E-state index < -0.39 is 52.6 Å². The van der Waals surface area contributed by atoms with Crippen molar-refractivity contribution in [2.75, 3.05) is 11.9 Å². The number of aliphatic imine (C=N–C) groups is 1. The average molecular weight is 645 g/mol. The fourth-order valence-electron chi connectivity index (χ4n) is 4.61. The van der Waals surface area contributed by atoms with Crippen molar-refractivity contribution in [3.05, 3.63) is 106 Å². The maximum absolute atomic E-state index is 13.7. The van der Waals surface area contributed by atoms with Gasteiger partial charge in [-0.2, -0.15) is 0 Å². The van der Waals surface area contributed by atoms with E-state index in [2.05, 4.69) is 26.3 Å². The van der Waals surface area contributed by atoms with Gasteiger partial charge in [0.05, 0.1) is 4.92 Å². The Hall–Kier alpha value is -5.79. The van der Waals surface area contributed by atoms with E-state index in [1.54, 1.807) is 44.2 Å². The third kappa shape index (κ3) is 11.6. The van der Waals surface area contributed by atoms with Crippen LogP contribution in [0.1, 0.15) is 42.6 Å². The number of guanidine groups is 1. The predicted molar refractivity (Wildman–Crippen MR) is 178 cm³/mol. The molecular weight excluding hydrogens is 604 g/mol. The van der Waals surface area contributed by atoms with E-state index in [1.165, 1.54) is 24.3 Å². The summed E-state index contributed by atoms with van der Waals surface area (Å²) in [5, 5.41) is 21.9. The summed E-state index contributed by atoms with van der Waals surface area (Å²) >= 11 is 0. The smallest absolute Gasteiger partial charge is 0.269 e. The summed E-state index contributed by atoms with van der Waals surface area (Å²) in [5.74, 6) is -2.74. The molecule has 3 aromatic rings. The summed E-state index contributed by atoms with van der Waals surface area (Å²) in [6.45, 7) is 3.68. The maximum atomic E-state index is 13.7. The highest BCUT2D eigenvalue weighted by Gasteiger charge is 2.31. The summed E-state index contributed by atoms with van der Waals surface area (Å²) in [5.41, 5.74) is 12.1. The van der Waals surface area contributed by atoms with Crippen LogP contribution in [0.5, 0.6) is 0 Å². The molecule has 4 amide bonds. The number of carbonyl (C=O) groups excluding carboxylic acids is 4. The van der Waals surface area contributed by atoms with E-state index in [9.17, 15) is 29.3 Å². The minimum Gasteiger partial charge on any atom is -0.370 e. The molecule has 3 aromatic carbocycles. The first kappa shape index (κ1) is 35.7. The first-order valence-corrected chi connectivity index (χ1v) is 15.1. The molecule has 0 radical (unpaired) electrons. The molecule has 0 aliphatic rings. The van der Waals surface area contributed by atoms with Crippen LogP contribution in [0.2, 0.25) is 0 Å². The number of anilines is 1. The zero-order valence-corrected chi connectivity index (χ0v) is 26.2. The Kier molecular flexibility index (Phi) is 13.4. The predicted octanol–water partition coefficient (Wildman–Crippen LogP) is 2.25. The monoisotopic (exact) mass is 644 g/mol. The molecule has 14 nitrogen and oxygen atoms in total. The number of amides is 4. The Morgan fingerprint density at radius 3 is 1.98 bits per heavy atom. The van der Waals surface area contributed by atoms with Crippen LogP contribution in [-0.4, -0.2) is 59.2 Å². The Bertz CT molecular complexity index is 1540. The SMILES string of the molecule is CC(C)[C@H](NC(=O)[C@@H](Cc1ccccc1)NC(=O)c1ccccc1)C(=O)N[C@@H](CCCN=C(N)N)C(=O)Nc1ccc([N+](=O)[O-])cc1. The minimum atomic E-state index is -1.07. The molecule has 0 saturated heterocycles. The minimum absolute atomic E-state index is 0.118. The quantitative estimate of drug-likeness (QED) is 0.0445. The molecule has 0 fully saturated rings. The van der Waals surface area contributed by atoms with E-state index >= 15 is 0 Å². The van der Waals surface area contributed by atoms with Crippen LogP contribution in [0.25, 0.3) is 0 Å². The maximum Gasteiger partial charge on any atom is 0.269 e. The lowest BCUT2D eigenvalue weighted by molar-refractivity contribution is -0.384. The molecule has 0 aliphatic carbocycles. The van der Waals surface area contributed by atoms with Gasteiger partial charge in [-0.15, -0.1) is 0 Å². The highest BCUT2D eigenvalue weighted by atomic mass is 16.6. The molecule has 0 aromatic heterocycles. The van der Waals surface area contributed by atoms with Crippen LogP contribution in [-0.2, 0) is 20.8 Å². The number of carbonyl (C=O) groups is 4. The largest absolute Gasteiger partial charge is 0.370 e. The zero-order chi connectivity index (χ0) is 34.3. The lowest BCUT2D eigenvalue weighted by Gasteiger charge is -2.27. The van der Waals surface area contributed by atoms with E-state index in [0.717, 1.165) is 5.56 Å². The first-order valence-electron chi connectivity index (χ1n) is 15.1. The van der Waals surface area contributed by atoms with E-state index in [1.807, 2.05) is 30.3 Å². The number of hydrogen-bond donors (Lipinski definition) is 6. The molecule has 8 N–H and O–H groups in total. The van der Waals surface area contributed by atoms with Gasteiger partial charge in [-0.25, -0.2) is 0 Å².